The lowest BCUT2D eigenvalue weighted by atomic mass is 10.4. The Bertz CT molecular complexity index is 371. The van der Waals surface area contributed by atoms with Crippen molar-refractivity contribution in [2.75, 3.05) is 23.7 Å². The SMILES string of the molecule is CCCNc1ncnc(NCC(N)=O)c1Br. The Labute approximate surface area is 102 Å². The third-order valence-corrected chi connectivity index (χ3v) is 2.51. The summed E-state index contributed by atoms with van der Waals surface area (Å²) in [6, 6.07) is 0. The first kappa shape index (κ1) is 12.7. The molecule has 0 aliphatic heterocycles. The molecule has 0 saturated carbocycles. The summed E-state index contributed by atoms with van der Waals surface area (Å²) >= 11 is 3.36. The molecule has 7 heteroatoms. The van der Waals surface area contributed by atoms with Crippen LogP contribution in [-0.2, 0) is 4.79 Å². The quantitative estimate of drug-likeness (QED) is 0.725. The molecule has 1 aromatic heterocycles. The van der Waals surface area contributed by atoms with E-state index in [0.717, 1.165) is 13.0 Å². The summed E-state index contributed by atoms with van der Waals surface area (Å²) in [5.41, 5.74) is 5.03. The van der Waals surface area contributed by atoms with E-state index in [1.807, 2.05) is 0 Å². The summed E-state index contributed by atoms with van der Waals surface area (Å²) in [5, 5.41) is 5.95. The number of hydrogen-bond donors (Lipinski definition) is 3. The van der Waals surface area contributed by atoms with Gasteiger partial charge in [0, 0.05) is 6.54 Å². The maximum absolute atomic E-state index is 10.6. The zero-order valence-electron chi connectivity index (χ0n) is 8.96. The molecular formula is C9H14BrN5O. The number of nitrogens with two attached hydrogens (primary N) is 1. The zero-order chi connectivity index (χ0) is 12.0. The molecule has 0 bridgehead atoms. The monoisotopic (exact) mass is 287 g/mol. The minimum atomic E-state index is -0.437. The Hall–Kier alpha value is -1.37. The van der Waals surface area contributed by atoms with Crippen molar-refractivity contribution in [3.63, 3.8) is 0 Å². The second-order valence-electron chi connectivity index (χ2n) is 3.13. The topological polar surface area (TPSA) is 92.9 Å². The van der Waals surface area contributed by atoms with E-state index in [1.54, 1.807) is 0 Å². The van der Waals surface area contributed by atoms with Crippen LogP contribution in [0, 0.1) is 0 Å². The molecule has 0 atom stereocenters. The fourth-order valence-electron chi connectivity index (χ4n) is 1.03. The van der Waals surface area contributed by atoms with Crippen molar-refractivity contribution in [2.45, 2.75) is 13.3 Å². The zero-order valence-corrected chi connectivity index (χ0v) is 10.5. The number of aromatic nitrogens is 2. The number of halogens is 1. The van der Waals surface area contributed by atoms with Crippen LogP contribution in [0.15, 0.2) is 10.8 Å². The minimum absolute atomic E-state index is 0.0445. The van der Waals surface area contributed by atoms with Gasteiger partial charge in [0.2, 0.25) is 5.91 Å². The van der Waals surface area contributed by atoms with E-state index < -0.39 is 5.91 Å². The molecule has 0 aliphatic rings. The lowest BCUT2D eigenvalue weighted by Crippen LogP contribution is -2.22. The van der Waals surface area contributed by atoms with Crippen LogP contribution in [-0.4, -0.2) is 29.0 Å². The molecule has 0 saturated heterocycles. The van der Waals surface area contributed by atoms with Crippen molar-refractivity contribution in [1.29, 1.82) is 0 Å². The molecule has 0 spiro atoms. The van der Waals surface area contributed by atoms with Gasteiger partial charge in [0.15, 0.2) is 0 Å². The van der Waals surface area contributed by atoms with Gasteiger partial charge in [-0.1, -0.05) is 6.92 Å². The molecule has 0 aliphatic carbocycles. The lowest BCUT2D eigenvalue weighted by molar-refractivity contribution is -0.116. The number of carbonyl (C=O) groups excluding carboxylic acids is 1. The van der Waals surface area contributed by atoms with Crippen LogP contribution in [0.1, 0.15) is 13.3 Å². The van der Waals surface area contributed by atoms with Crippen molar-refractivity contribution in [3.8, 4) is 0 Å². The average Bonchev–Trinajstić information content (AvgIpc) is 2.26. The highest BCUT2D eigenvalue weighted by atomic mass is 79.9. The molecule has 0 radical (unpaired) electrons. The maximum atomic E-state index is 10.6. The molecule has 16 heavy (non-hydrogen) atoms. The fourth-order valence-corrected chi connectivity index (χ4v) is 1.52. The highest BCUT2D eigenvalue weighted by Crippen LogP contribution is 2.26. The van der Waals surface area contributed by atoms with Crippen LogP contribution in [0.3, 0.4) is 0 Å². The van der Waals surface area contributed by atoms with Gasteiger partial charge in [-0.3, -0.25) is 4.79 Å². The molecule has 1 rings (SSSR count). The predicted octanol–water partition coefficient (Wildman–Crippen LogP) is 0.958. The molecular weight excluding hydrogens is 274 g/mol. The molecule has 0 aromatic carbocycles. The van der Waals surface area contributed by atoms with E-state index in [4.69, 9.17) is 5.73 Å². The summed E-state index contributed by atoms with van der Waals surface area (Å²) in [6.45, 7) is 2.93. The van der Waals surface area contributed by atoms with Crippen LogP contribution in [0.4, 0.5) is 11.6 Å². The first-order valence-electron chi connectivity index (χ1n) is 4.91. The predicted molar refractivity (Wildman–Crippen MR) is 66.2 cm³/mol. The van der Waals surface area contributed by atoms with E-state index in [2.05, 4.69) is 43.5 Å². The van der Waals surface area contributed by atoms with Gasteiger partial charge in [-0.05, 0) is 22.4 Å². The summed E-state index contributed by atoms with van der Waals surface area (Å²) in [6.07, 6.45) is 2.42. The van der Waals surface area contributed by atoms with Crippen LogP contribution >= 0.6 is 15.9 Å². The van der Waals surface area contributed by atoms with E-state index >= 15 is 0 Å². The van der Waals surface area contributed by atoms with Gasteiger partial charge < -0.3 is 16.4 Å². The van der Waals surface area contributed by atoms with Crippen LogP contribution in [0.25, 0.3) is 0 Å². The maximum Gasteiger partial charge on any atom is 0.236 e. The van der Waals surface area contributed by atoms with Crippen molar-refractivity contribution in [2.24, 2.45) is 5.73 Å². The second-order valence-corrected chi connectivity index (χ2v) is 3.92. The molecule has 88 valence electrons. The summed E-state index contributed by atoms with van der Waals surface area (Å²) in [5.74, 6) is 0.810. The van der Waals surface area contributed by atoms with Crippen molar-refractivity contribution in [3.05, 3.63) is 10.8 Å². The van der Waals surface area contributed by atoms with E-state index in [0.29, 0.717) is 16.1 Å². The van der Waals surface area contributed by atoms with Crippen molar-refractivity contribution in [1.82, 2.24) is 9.97 Å². The summed E-state index contributed by atoms with van der Waals surface area (Å²) < 4.78 is 0.699. The Kier molecular flexibility index (Phi) is 4.97. The third kappa shape index (κ3) is 3.65. The average molecular weight is 288 g/mol. The summed E-state index contributed by atoms with van der Waals surface area (Å²) in [4.78, 5) is 18.7. The van der Waals surface area contributed by atoms with Crippen LogP contribution < -0.4 is 16.4 Å². The Morgan fingerprint density at radius 2 is 2.06 bits per heavy atom. The minimum Gasteiger partial charge on any atom is -0.369 e. The fraction of sp³-hybridized carbons (Fsp3) is 0.444. The highest BCUT2D eigenvalue weighted by Gasteiger charge is 2.08. The Balaban J connectivity index is 2.73. The van der Waals surface area contributed by atoms with E-state index in [1.165, 1.54) is 6.33 Å². The smallest absolute Gasteiger partial charge is 0.236 e. The molecule has 0 fully saturated rings. The Morgan fingerprint density at radius 1 is 1.44 bits per heavy atom. The normalized spacial score (nSPS) is 9.88. The van der Waals surface area contributed by atoms with Gasteiger partial charge in [0.25, 0.3) is 0 Å². The van der Waals surface area contributed by atoms with Gasteiger partial charge in [-0.25, -0.2) is 9.97 Å². The molecule has 1 heterocycles. The standard InChI is InChI=1S/C9H14BrN5O/c1-2-3-12-8-7(10)9(15-5-14-8)13-4-6(11)16/h5H,2-4H2,1H3,(H2,11,16)(H2,12,13,14,15). The number of anilines is 2. The van der Waals surface area contributed by atoms with Gasteiger partial charge in [-0.15, -0.1) is 0 Å². The number of hydrogen-bond acceptors (Lipinski definition) is 5. The lowest BCUT2D eigenvalue weighted by Gasteiger charge is -2.10. The van der Waals surface area contributed by atoms with Crippen molar-refractivity contribution >= 4 is 33.5 Å². The van der Waals surface area contributed by atoms with Crippen LogP contribution in [0.5, 0.6) is 0 Å². The van der Waals surface area contributed by atoms with Crippen molar-refractivity contribution < 1.29 is 4.79 Å². The first-order chi connectivity index (χ1) is 7.65. The number of nitrogens with one attached hydrogen (secondary N) is 2. The summed E-state index contributed by atoms with van der Waals surface area (Å²) in [7, 11) is 0. The van der Waals surface area contributed by atoms with Gasteiger partial charge >= 0.3 is 0 Å². The van der Waals surface area contributed by atoms with Gasteiger partial charge in [0.05, 0.1) is 6.54 Å². The molecule has 0 unspecified atom stereocenters. The second kappa shape index (κ2) is 6.26. The molecule has 4 N–H and O–H groups in total. The number of carbonyl (C=O) groups is 1. The van der Waals surface area contributed by atoms with Crippen LogP contribution in [0.2, 0.25) is 0 Å². The van der Waals surface area contributed by atoms with Gasteiger partial charge in [-0.2, -0.15) is 0 Å². The van der Waals surface area contributed by atoms with E-state index in [9.17, 15) is 4.79 Å². The Morgan fingerprint density at radius 3 is 2.62 bits per heavy atom. The number of amides is 1. The van der Waals surface area contributed by atoms with E-state index in [-0.39, 0.29) is 6.54 Å². The number of rotatable bonds is 6. The van der Waals surface area contributed by atoms with Gasteiger partial charge in [0.1, 0.15) is 22.4 Å². The molecule has 1 amide bonds. The first-order valence-corrected chi connectivity index (χ1v) is 5.71. The molecule has 1 aromatic rings. The number of primary amides is 1. The molecule has 6 nitrogen and oxygen atoms in total. The highest BCUT2D eigenvalue weighted by molar-refractivity contribution is 9.10. The number of nitrogens with zero attached hydrogens (tertiary/aromatic N) is 2. The third-order valence-electron chi connectivity index (χ3n) is 1.76. The largest absolute Gasteiger partial charge is 0.369 e.